The Labute approximate surface area is 181 Å². The summed E-state index contributed by atoms with van der Waals surface area (Å²) in [6, 6.07) is 0.0209. The van der Waals surface area contributed by atoms with E-state index in [2.05, 4.69) is 0 Å². The smallest absolute Gasteiger partial charge is 0.339 e. The molecule has 0 aromatic heterocycles. The third-order valence-corrected chi connectivity index (χ3v) is 7.47. The molecule has 33 heavy (non-hydrogen) atoms. The molecule has 0 unspecified atom stereocenters. The molecule has 0 rings (SSSR count). The number of unbranched alkanes of at least 4 members (excludes halogenated alkanes) is 4. The summed E-state index contributed by atoms with van der Waals surface area (Å²) < 4.78 is 176. The Hall–Kier alpha value is -0.843. The van der Waals surface area contributed by atoms with E-state index < -0.39 is 70.1 Å². The molecular weight excluding hydrogens is 514 g/mol. The number of rotatable bonds is 14. The molecule has 0 aliphatic rings. The van der Waals surface area contributed by atoms with E-state index in [4.69, 9.17) is 10.8 Å². The molecule has 0 heterocycles. The first-order valence-electron chi connectivity index (χ1n) is 9.64. The van der Waals surface area contributed by atoms with Crippen molar-refractivity contribution in [2.75, 3.05) is 0 Å². The minimum absolute atomic E-state index is 0.00275. The van der Waals surface area contributed by atoms with E-state index in [0.29, 0.717) is 0 Å². The van der Waals surface area contributed by atoms with Crippen molar-refractivity contribution in [3.8, 4) is 0 Å². The first kappa shape index (κ1) is 32.2. The molecule has 200 valence electrons. The highest BCUT2D eigenvalue weighted by Crippen LogP contribution is 2.49. The summed E-state index contributed by atoms with van der Waals surface area (Å²) in [6.45, 7) is 0. The molecule has 17 heteroatoms. The minimum atomic E-state index is -6.42. The standard InChI is InChI=1S/C16H24F14N2Si/c17-11(18,13(21,22)15(25,26)27)7-3-1-5-9-33(31,32)10-6-2-4-8-12(19,20)14(23,24)16(28,29)30/h1-10,31-32H2. The monoisotopic (exact) mass is 538 g/mol. The van der Waals surface area contributed by atoms with Gasteiger partial charge in [0.1, 0.15) is 0 Å². The number of hydrogen-bond donors (Lipinski definition) is 2. The second kappa shape index (κ2) is 10.8. The van der Waals surface area contributed by atoms with Crippen LogP contribution in [0.15, 0.2) is 0 Å². The molecule has 0 radical (unpaired) electrons. The summed E-state index contributed by atoms with van der Waals surface area (Å²) >= 11 is 0. The van der Waals surface area contributed by atoms with Crippen LogP contribution in [-0.4, -0.2) is 44.4 Å². The first-order chi connectivity index (χ1) is 14.4. The Bertz CT molecular complexity index is 551. The van der Waals surface area contributed by atoms with Crippen LogP contribution < -0.4 is 10.8 Å². The normalized spacial score (nSPS) is 15.3. The average Bonchev–Trinajstić information content (AvgIpc) is 2.58. The van der Waals surface area contributed by atoms with Gasteiger partial charge in [-0.05, 0) is 24.9 Å². The zero-order chi connectivity index (χ0) is 26.6. The van der Waals surface area contributed by atoms with Crippen molar-refractivity contribution < 1.29 is 61.5 Å². The molecule has 0 spiro atoms. The number of hydrogen-bond acceptors (Lipinski definition) is 2. The van der Waals surface area contributed by atoms with E-state index in [1.807, 2.05) is 0 Å². The summed E-state index contributed by atoms with van der Waals surface area (Å²) in [5.41, 5.74) is 0. The summed E-state index contributed by atoms with van der Waals surface area (Å²) in [5.74, 6) is -23.0. The minimum Gasteiger partial charge on any atom is -0.339 e. The third kappa shape index (κ3) is 8.71. The van der Waals surface area contributed by atoms with E-state index in [-0.39, 0.29) is 37.8 Å². The third-order valence-electron chi connectivity index (χ3n) is 4.90. The fourth-order valence-electron chi connectivity index (χ4n) is 2.81. The van der Waals surface area contributed by atoms with Crippen LogP contribution in [0.1, 0.15) is 51.4 Å². The number of nitrogens with two attached hydrogens (primary N) is 2. The quantitative estimate of drug-likeness (QED) is 0.140. The van der Waals surface area contributed by atoms with Crippen molar-refractivity contribution >= 4 is 8.40 Å². The number of alkyl halides is 14. The van der Waals surface area contributed by atoms with Crippen LogP contribution in [0.5, 0.6) is 0 Å². The highest BCUT2D eigenvalue weighted by molar-refractivity contribution is 6.73. The van der Waals surface area contributed by atoms with Crippen LogP contribution in [0.25, 0.3) is 0 Å². The van der Waals surface area contributed by atoms with Crippen LogP contribution >= 0.6 is 0 Å². The van der Waals surface area contributed by atoms with Crippen molar-refractivity contribution in [2.24, 2.45) is 10.8 Å². The van der Waals surface area contributed by atoms with Crippen LogP contribution in [0.4, 0.5) is 61.5 Å². The maximum Gasteiger partial charge on any atom is 0.459 e. The Balaban J connectivity index is 4.32. The van der Waals surface area contributed by atoms with Gasteiger partial charge >= 0.3 is 36.0 Å². The molecular formula is C16H24F14N2Si. The van der Waals surface area contributed by atoms with Gasteiger partial charge in [-0.15, -0.1) is 0 Å². The zero-order valence-corrected chi connectivity index (χ0v) is 18.0. The molecule has 0 atom stereocenters. The topological polar surface area (TPSA) is 52.0 Å². The lowest BCUT2D eigenvalue weighted by Crippen LogP contribution is -2.55. The maximum atomic E-state index is 13.1. The molecule has 4 N–H and O–H groups in total. The molecule has 0 fully saturated rings. The van der Waals surface area contributed by atoms with Crippen molar-refractivity contribution in [3.63, 3.8) is 0 Å². The molecule has 0 aliphatic carbocycles. The van der Waals surface area contributed by atoms with E-state index in [1.54, 1.807) is 0 Å². The highest BCUT2D eigenvalue weighted by Gasteiger charge is 2.73. The summed E-state index contributed by atoms with van der Waals surface area (Å²) in [6.07, 6.45) is -18.1. The average molecular weight is 538 g/mol. The second-order valence-electron chi connectivity index (χ2n) is 7.91. The van der Waals surface area contributed by atoms with E-state index >= 15 is 0 Å². The largest absolute Gasteiger partial charge is 0.459 e. The molecule has 0 bridgehead atoms. The molecule has 0 aromatic carbocycles. The van der Waals surface area contributed by atoms with Gasteiger partial charge in [0.2, 0.25) is 0 Å². The predicted molar refractivity (Wildman–Crippen MR) is 92.6 cm³/mol. The van der Waals surface area contributed by atoms with Crippen LogP contribution in [0.2, 0.25) is 12.1 Å². The Morgan fingerprint density at radius 3 is 0.939 bits per heavy atom. The number of halogens is 14. The van der Waals surface area contributed by atoms with Crippen molar-refractivity contribution in [3.05, 3.63) is 0 Å². The van der Waals surface area contributed by atoms with Gasteiger partial charge in [0.15, 0.2) is 8.40 Å². The van der Waals surface area contributed by atoms with E-state index in [9.17, 15) is 61.5 Å². The highest BCUT2D eigenvalue weighted by atomic mass is 28.3. The second-order valence-corrected chi connectivity index (χ2v) is 11.4. The van der Waals surface area contributed by atoms with Crippen molar-refractivity contribution in [1.29, 1.82) is 0 Å². The van der Waals surface area contributed by atoms with Gasteiger partial charge < -0.3 is 10.8 Å². The van der Waals surface area contributed by atoms with Gasteiger partial charge in [0.25, 0.3) is 0 Å². The molecule has 2 nitrogen and oxygen atoms in total. The first-order valence-corrected chi connectivity index (χ1v) is 12.2. The molecule has 0 aliphatic heterocycles. The molecule has 0 saturated carbocycles. The Kier molecular flexibility index (Phi) is 10.6. The van der Waals surface area contributed by atoms with Crippen LogP contribution in [0, 0.1) is 0 Å². The van der Waals surface area contributed by atoms with Crippen LogP contribution in [-0.2, 0) is 0 Å². The van der Waals surface area contributed by atoms with Crippen molar-refractivity contribution in [1.82, 2.24) is 0 Å². The van der Waals surface area contributed by atoms with Crippen LogP contribution in [0.3, 0.4) is 0 Å². The lowest BCUT2D eigenvalue weighted by atomic mass is 10.0. The Morgan fingerprint density at radius 1 is 0.424 bits per heavy atom. The summed E-state index contributed by atoms with van der Waals surface area (Å²) in [7, 11) is -3.06. The van der Waals surface area contributed by atoms with Gasteiger partial charge in [-0.1, -0.05) is 25.7 Å². The SMILES string of the molecule is N[Si](N)(CCCCCC(F)(F)C(F)(F)C(F)(F)F)CCCCCC(F)(F)C(F)(F)C(F)(F)F. The van der Waals surface area contributed by atoms with E-state index in [0.717, 1.165) is 0 Å². The molecule has 0 saturated heterocycles. The lowest BCUT2D eigenvalue weighted by molar-refractivity contribution is -0.356. The predicted octanol–water partition coefficient (Wildman–Crippen LogP) is 7.13. The molecule has 0 amide bonds. The van der Waals surface area contributed by atoms with Gasteiger partial charge in [-0.3, -0.25) is 0 Å². The molecule has 0 aromatic rings. The maximum absolute atomic E-state index is 13.1. The fraction of sp³-hybridized carbons (Fsp3) is 1.00. The zero-order valence-electron chi connectivity index (χ0n) is 17.0. The van der Waals surface area contributed by atoms with Gasteiger partial charge in [0, 0.05) is 12.8 Å². The van der Waals surface area contributed by atoms with E-state index in [1.165, 1.54) is 0 Å². The summed E-state index contributed by atoms with van der Waals surface area (Å²) in [5, 5.41) is 11.6. The van der Waals surface area contributed by atoms with Gasteiger partial charge in [-0.2, -0.15) is 61.5 Å². The Morgan fingerprint density at radius 2 is 0.697 bits per heavy atom. The summed E-state index contributed by atoms with van der Waals surface area (Å²) in [4.78, 5) is 0. The van der Waals surface area contributed by atoms with Gasteiger partial charge in [-0.25, -0.2) is 0 Å². The van der Waals surface area contributed by atoms with Gasteiger partial charge in [0.05, 0.1) is 0 Å². The van der Waals surface area contributed by atoms with Crippen molar-refractivity contribution in [2.45, 2.75) is 99.5 Å². The fourth-order valence-corrected chi connectivity index (χ4v) is 4.88. The lowest BCUT2D eigenvalue weighted by Gasteiger charge is -2.28.